The van der Waals surface area contributed by atoms with E-state index in [1.54, 1.807) is 24.4 Å². The van der Waals surface area contributed by atoms with Crippen LogP contribution in [0.15, 0.2) is 30.6 Å². The number of pyridine rings is 1. The summed E-state index contributed by atoms with van der Waals surface area (Å²) >= 11 is 0. The normalized spacial score (nSPS) is 11.9. The number of alkyl halides is 1. The van der Waals surface area contributed by atoms with E-state index in [9.17, 15) is 17.6 Å². The summed E-state index contributed by atoms with van der Waals surface area (Å²) in [4.78, 5) is 16.0. The topological polar surface area (TPSA) is 83.8 Å². The fraction of sp³-hybridized carbons (Fsp3) is 0.273. The molecule has 0 fully saturated rings. The Morgan fingerprint density at radius 1 is 1.50 bits per heavy atom. The molecule has 0 saturated carbocycles. The van der Waals surface area contributed by atoms with Gasteiger partial charge in [0.05, 0.1) is 6.20 Å². The Morgan fingerprint density at radius 3 is 2.95 bits per heavy atom. The fourth-order valence-corrected chi connectivity index (χ4v) is 2.39. The second kappa shape index (κ2) is 5.55. The first-order valence-corrected chi connectivity index (χ1v) is 7.16. The molecule has 0 radical (unpaired) electrons. The molecule has 1 N–H and O–H groups in total. The van der Waals surface area contributed by atoms with Gasteiger partial charge in [0, 0.05) is 19.8 Å². The summed E-state index contributed by atoms with van der Waals surface area (Å²) in [5, 5.41) is 0. The maximum Gasteiger partial charge on any atom is 0.303 e. The number of hydrogen-bond acceptors (Lipinski definition) is 4. The van der Waals surface area contributed by atoms with E-state index in [1.165, 1.54) is 17.6 Å². The Hall–Kier alpha value is -2.00. The van der Waals surface area contributed by atoms with Gasteiger partial charge < -0.3 is 0 Å². The third-order valence-electron chi connectivity index (χ3n) is 2.68. The third kappa shape index (κ3) is 2.78. The minimum Gasteiger partial charge on any atom is -0.295 e. The second-order valence-electron chi connectivity index (χ2n) is 4.02. The molecule has 7 nitrogen and oxygen atoms in total. The fourth-order valence-electron chi connectivity index (χ4n) is 1.59. The van der Waals surface area contributed by atoms with E-state index in [0.717, 1.165) is 4.31 Å². The number of rotatable bonds is 5. The zero-order valence-electron chi connectivity index (χ0n) is 10.7. The minimum absolute atomic E-state index is 0.0813. The number of aromatic nitrogens is 2. The molecule has 108 valence electrons. The van der Waals surface area contributed by atoms with Crippen molar-refractivity contribution in [2.24, 2.45) is 0 Å². The van der Waals surface area contributed by atoms with Crippen LogP contribution in [0.25, 0.3) is 5.65 Å². The van der Waals surface area contributed by atoms with Gasteiger partial charge in [-0.1, -0.05) is 6.07 Å². The number of nitrogens with zero attached hydrogens (tertiary/aromatic N) is 3. The smallest absolute Gasteiger partial charge is 0.295 e. The van der Waals surface area contributed by atoms with Crippen molar-refractivity contribution in [3.05, 3.63) is 36.3 Å². The summed E-state index contributed by atoms with van der Waals surface area (Å²) in [6.45, 7) is -1.16. The van der Waals surface area contributed by atoms with Crippen molar-refractivity contribution in [2.45, 2.75) is 0 Å². The van der Waals surface area contributed by atoms with Crippen LogP contribution in [0.5, 0.6) is 0 Å². The van der Waals surface area contributed by atoms with Crippen molar-refractivity contribution in [1.82, 2.24) is 18.4 Å². The molecule has 0 saturated heterocycles. The van der Waals surface area contributed by atoms with Crippen molar-refractivity contribution in [3.63, 3.8) is 0 Å². The molecule has 2 aromatic heterocycles. The number of fused-ring (bicyclic) bond motifs is 1. The van der Waals surface area contributed by atoms with Gasteiger partial charge in [-0.3, -0.25) is 9.20 Å². The highest BCUT2D eigenvalue weighted by atomic mass is 32.2. The quantitative estimate of drug-likeness (QED) is 0.855. The lowest BCUT2D eigenvalue weighted by Gasteiger charge is -2.15. The van der Waals surface area contributed by atoms with Crippen LogP contribution in [0.2, 0.25) is 0 Å². The average molecular weight is 300 g/mol. The maximum absolute atomic E-state index is 12.2. The third-order valence-corrected chi connectivity index (χ3v) is 4.13. The van der Waals surface area contributed by atoms with Crippen LogP contribution in [-0.4, -0.2) is 48.3 Å². The molecule has 0 unspecified atom stereocenters. The van der Waals surface area contributed by atoms with Gasteiger partial charge in [0.1, 0.15) is 18.0 Å². The van der Waals surface area contributed by atoms with Gasteiger partial charge in [0.25, 0.3) is 5.91 Å². The van der Waals surface area contributed by atoms with Gasteiger partial charge in [-0.15, -0.1) is 0 Å². The molecule has 0 aliphatic carbocycles. The first-order chi connectivity index (χ1) is 9.45. The standard InChI is InChI=1S/C11H13FN4O3S/c1-15(7-5-12)20(18,19)14-11(17)9-8-13-10-4-2-3-6-16(9)10/h2-4,6,8H,5,7H2,1H3,(H,14,17). The van der Waals surface area contributed by atoms with E-state index >= 15 is 0 Å². The van der Waals surface area contributed by atoms with Crippen molar-refractivity contribution in [3.8, 4) is 0 Å². The molecule has 0 aromatic carbocycles. The number of carbonyl (C=O) groups excluding carboxylic acids is 1. The predicted molar refractivity (Wildman–Crippen MR) is 70.2 cm³/mol. The molecule has 20 heavy (non-hydrogen) atoms. The van der Waals surface area contributed by atoms with Crippen LogP contribution >= 0.6 is 0 Å². The van der Waals surface area contributed by atoms with Crippen molar-refractivity contribution in [1.29, 1.82) is 0 Å². The van der Waals surface area contributed by atoms with Gasteiger partial charge >= 0.3 is 10.2 Å². The zero-order chi connectivity index (χ0) is 14.8. The molecule has 0 atom stereocenters. The minimum atomic E-state index is -4.06. The Morgan fingerprint density at radius 2 is 2.25 bits per heavy atom. The summed E-state index contributed by atoms with van der Waals surface area (Å²) in [6.07, 6.45) is 2.87. The summed E-state index contributed by atoms with van der Waals surface area (Å²) < 4.78 is 39.7. The van der Waals surface area contributed by atoms with Crippen LogP contribution in [0.1, 0.15) is 10.5 Å². The van der Waals surface area contributed by atoms with Crippen LogP contribution in [0, 0.1) is 0 Å². The summed E-state index contributed by atoms with van der Waals surface area (Å²) in [5.74, 6) is -0.825. The number of hydrogen-bond donors (Lipinski definition) is 1. The Balaban J connectivity index is 2.24. The lowest BCUT2D eigenvalue weighted by Crippen LogP contribution is -2.42. The molecule has 9 heteroatoms. The molecular formula is C11H13FN4O3S. The van der Waals surface area contributed by atoms with E-state index in [0.29, 0.717) is 5.65 Å². The first-order valence-electron chi connectivity index (χ1n) is 5.72. The highest BCUT2D eigenvalue weighted by molar-refractivity contribution is 7.87. The van der Waals surface area contributed by atoms with E-state index in [4.69, 9.17) is 0 Å². The van der Waals surface area contributed by atoms with Crippen LogP contribution in [0.4, 0.5) is 4.39 Å². The van der Waals surface area contributed by atoms with Crippen LogP contribution in [0.3, 0.4) is 0 Å². The number of nitrogens with one attached hydrogen (secondary N) is 1. The SMILES string of the molecule is CN(CCF)S(=O)(=O)NC(=O)c1cnc2ccccn12. The summed E-state index contributed by atoms with van der Waals surface area (Å²) in [7, 11) is -2.88. The van der Waals surface area contributed by atoms with Crippen molar-refractivity contribution in [2.75, 3.05) is 20.3 Å². The molecule has 2 aromatic rings. The second-order valence-corrected chi connectivity index (χ2v) is 5.80. The van der Waals surface area contributed by atoms with E-state index in [-0.39, 0.29) is 12.2 Å². The molecule has 0 bridgehead atoms. The number of imidazole rings is 1. The molecule has 0 aliphatic heterocycles. The Kier molecular flexibility index (Phi) is 4.00. The molecule has 0 spiro atoms. The van der Waals surface area contributed by atoms with Gasteiger partial charge in [-0.25, -0.2) is 14.1 Å². The van der Waals surface area contributed by atoms with Crippen molar-refractivity contribution < 1.29 is 17.6 Å². The first kappa shape index (κ1) is 14.4. The molecular weight excluding hydrogens is 287 g/mol. The van der Waals surface area contributed by atoms with Crippen molar-refractivity contribution >= 4 is 21.8 Å². The molecule has 2 heterocycles. The van der Waals surface area contributed by atoms with Gasteiger partial charge in [0.2, 0.25) is 0 Å². The largest absolute Gasteiger partial charge is 0.303 e. The van der Waals surface area contributed by atoms with Crippen LogP contribution in [-0.2, 0) is 10.2 Å². The molecule has 1 amide bonds. The van der Waals surface area contributed by atoms with E-state index in [2.05, 4.69) is 4.98 Å². The summed E-state index contributed by atoms with van der Waals surface area (Å²) in [6, 6.07) is 5.12. The van der Waals surface area contributed by atoms with E-state index in [1.807, 2.05) is 4.72 Å². The molecule has 0 aliphatic rings. The zero-order valence-corrected chi connectivity index (χ0v) is 11.5. The van der Waals surface area contributed by atoms with Crippen LogP contribution < -0.4 is 4.72 Å². The van der Waals surface area contributed by atoms with Gasteiger partial charge in [0.15, 0.2) is 0 Å². The van der Waals surface area contributed by atoms with Gasteiger partial charge in [-0.05, 0) is 12.1 Å². The highest BCUT2D eigenvalue weighted by Gasteiger charge is 2.22. The lowest BCUT2D eigenvalue weighted by atomic mass is 10.4. The monoisotopic (exact) mass is 300 g/mol. The maximum atomic E-state index is 12.2. The van der Waals surface area contributed by atoms with Gasteiger partial charge in [-0.2, -0.15) is 12.7 Å². The number of amides is 1. The number of carbonyl (C=O) groups is 1. The summed E-state index contributed by atoms with van der Waals surface area (Å²) in [5.41, 5.74) is 0.602. The Labute approximate surface area is 115 Å². The molecule has 2 rings (SSSR count). The number of halogens is 1. The average Bonchev–Trinajstić information content (AvgIpc) is 2.82. The van der Waals surface area contributed by atoms with E-state index < -0.39 is 22.8 Å². The lowest BCUT2D eigenvalue weighted by molar-refractivity contribution is 0.0973. The Bertz CT molecular complexity index is 728. The highest BCUT2D eigenvalue weighted by Crippen LogP contribution is 2.06. The predicted octanol–water partition coefficient (Wildman–Crippen LogP) is 0.210.